The first kappa shape index (κ1) is 17.3. The van der Waals surface area contributed by atoms with Crippen LogP contribution in [0.5, 0.6) is 0 Å². The molecule has 2 aromatic carbocycles. The number of nitrogens with zero attached hydrogens (tertiary/aromatic N) is 1. The molecule has 1 unspecified atom stereocenters. The van der Waals surface area contributed by atoms with E-state index in [2.05, 4.69) is 54.2 Å². The monoisotopic (exact) mass is 360 g/mol. The summed E-state index contributed by atoms with van der Waals surface area (Å²) in [7, 11) is 0. The number of aromatic nitrogens is 1. The largest absolute Gasteiger partial charge is 0.343 e. The summed E-state index contributed by atoms with van der Waals surface area (Å²) in [5, 5.41) is 6.24. The second kappa shape index (κ2) is 7.60. The van der Waals surface area contributed by atoms with E-state index < -0.39 is 0 Å². The molecule has 0 radical (unpaired) electrons. The predicted molar refractivity (Wildman–Crippen MR) is 104 cm³/mol. The smallest absolute Gasteiger partial charge is 0.0491 e. The van der Waals surface area contributed by atoms with Gasteiger partial charge in [0.05, 0.1) is 0 Å². The lowest BCUT2D eigenvalue weighted by molar-refractivity contribution is 0.535. The minimum atomic E-state index is 0.512. The third-order valence-electron chi connectivity index (χ3n) is 4.48. The Kier molecular flexibility index (Phi) is 5.50. The van der Waals surface area contributed by atoms with E-state index in [-0.39, 0.29) is 0 Å². The molecule has 4 heteroatoms. The van der Waals surface area contributed by atoms with Crippen molar-refractivity contribution in [3.05, 3.63) is 69.8 Å². The molecule has 1 N–H and O–H groups in total. The zero-order valence-electron chi connectivity index (χ0n) is 14.0. The molecule has 24 heavy (non-hydrogen) atoms. The van der Waals surface area contributed by atoms with Crippen LogP contribution in [0.1, 0.15) is 31.4 Å². The van der Waals surface area contributed by atoms with E-state index in [9.17, 15) is 0 Å². The van der Waals surface area contributed by atoms with Gasteiger partial charge in [-0.3, -0.25) is 0 Å². The van der Waals surface area contributed by atoms with Crippen molar-refractivity contribution in [3.8, 4) is 0 Å². The molecule has 0 aliphatic rings. The van der Waals surface area contributed by atoms with Crippen molar-refractivity contribution in [2.45, 2.75) is 39.4 Å². The summed E-state index contributed by atoms with van der Waals surface area (Å²) in [4.78, 5) is 0. The van der Waals surface area contributed by atoms with Crippen LogP contribution in [-0.2, 0) is 13.1 Å². The van der Waals surface area contributed by atoms with Crippen LogP contribution in [0.25, 0.3) is 10.9 Å². The topological polar surface area (TPSA) is 17.0 Å². The van der Waals surface area contributed by atoms with Gasteiger partial charge in [0, 0.05) is 46.3 Å². The molecule has 1 atom stereocenters. The zero-order valence-corrected chi connectivity index (χ0v) is 15.5. The Labute approximate surface area is 153 Å². The molecule has 126 valence electrons. The highest BCUT2D eigenvalue weighted by Crippen LogP contribution is 2.26. The van der Waals surface area contributed by atoms with Crippen LogP contribution in [0.15, 0.2) is 48.7 Å². The van der Waals surface area contributed by atoms with Crippen LogP contribution in [-0.4, -0.2) is 10.6 Å². The summed E-state index contributed by atoms with van der Waals surface area (Å²) in [5.41, 5.74) is 3.61. The molecule has 0 saturated carbocycles. The molecule has 0 spiro atoms. The third-order valence-corrected chi connectivity index (χ3v) is 5.07. The first-order valence-electron chi connectivity index (χ1n) is 8.32. The Morgan fingerprint density at radius 1 is 1.08 bits per heavy atom. The molecule has 0 fully saturated rings. The highest BCUT2D eigenvalue weighted by Gasteiger charge is 2.10. The highest BCUT2D eigenvalue weighted by atomic mass is 35.5. The van der Waals surface area contributed by atoms with Crippen molar-refractivity contribution < 1.29 is 0 Å². The van der Waals surface area contributed by atoms with Crippen molar-refractivity contribution in [3.63, 3.8) is 0 Å². The second-order valence-electron chi connectivity index (χ2n) is 6.23. The van der Waals surface area contributed by atoms with Crippen LogP contribution in [0.4, 0.5) is 0 Å². The Balaban J connectivity index is 1.93. The maximum Gasteiger partial charge on any atom is 0.0491 e. The van der Waals surface area contributed by atoms with Crippen LogP contribution < -0.4 is 5.32 Å². The van der Waals surface area contributed by atoms with Crippen molar-refractivity contribution in [2.24, 2.45) is 0 Å². The number of benzene rings is 2. The van der Waals surface area contributed by atoms with E-state index >= 15 is 0 Å². The number of hydrogen-bond acceptors (Lipinski definition) is 1. The van der Waals surface area contributed by atoms with Gasteiger partial charge in [0.1, 0.15) is 0 Å². The number of halogens is 2. The Morgan fingerprint density at radius 3 is 2.62 bits per heavy atom. The number of nitrogens with one attached hydrogen (secondary N) is 1. The van der Waals surface area contributed by atoms with Crippen molar-refractivity contribution >= 4 is 34.1 Å². The Morgan fingerprint density at radius 2 is 1.88 bits per heavy atom. The maximum absolute atomic E-state index is 6.35. The van der Waals surface area contributed by atoms with Gasteiger partial charge in [-0.2, -0.15) is 0 Å². The SMILES string of the molecule is CCC(C)NCc1cn(Cc2ccc(Cl)cc2Cl)c2ccccc12. The zero-order chi connectivity index (χ0) is 17.1. The lowest BCUT2D eigenvalue weighted by atomic mass is 10.1. The van der Waals surface area contributed by atoms with Gasteiger partial charge in [-0.25, -0.2) is 0 Å². The lowest BCUT2D eigenvalue weighted by Gasteiger charge is -2.10. The Hall–Kier alpha value is -1.48. The summed E-state index contributed by atoms with van der Waals surface area (Å²) in [6.07, 6.45) is 3.35. The Bertz CT molecular complexity index is 839. The van der Waals surface area contributed by atoms with Crippen molar-refractivity contribution in [1.82, 2.24) is 9.88 Å². The molecule has 1 heterocycles. The van der Waals surface area contributed by atoms with Crippen LogP contribution in [0.3, 0.4) is 0 Å². The molecule has 0 amide bonds. The summed E-state index contributed by atoms with van der Waals surface area (Å²) in [6.45, 7) is 6.02. The maximum atomic E-state index is 6.35. The molecule has 3 rings (SSSR count). The molecule has 3 aromatic rings. The number of fused-ring (bicyclic) bond motifs is 1. The van der Waals surface area contributed by atoms with Crippen molar-refractivity contribution in [2.75, 3.05) is 0 Å². The quantitative estimate of drug-likeness (QED) is 0.580. The first-order valence-corrected chi connectivity index (χ1v) is 9.08. The van der Waals surface area contributed by atoms with Gasteiger partial charge in [0.2, 0.25) is 0 Å². The fourth-order valence-corrected chi connectivity index (χ4v) is 3.32. The number of para-hydroxylation sites is 1. The fourth-order valence-electron chi connectivity index (χ4n) is 2.86. The van der Waals surface area contributed by atoms with E-state index in [4.69, 9.17) is 23.2 Å². The molecule has 0 saturated heterocycles. The molecule has 0 aliphatic heterocycles. The molecule has 2 nitrogen and oxygen atoms in total. The standard InChI is InChI=1S/C20H22Cl2N2/c1-3-14(2)23-11-16-13-24(20-7-5-4-6-18(16)20)12-15-8-9-17(21)10-19(15)22/h4-10,13-14,23H,3,11-12H2,1-2H3. The van der Waals surface area contributed by atoms with Crippen molar-refractivity contribution in [1.29, 1.82) is 0 Å². The lowest BCUT2D eigenvalue weighted by Crippen LogP contribution is -2.24. The predicted octanol–water partition coefficient (Wildman–Crippen LogP) is 5.88. The van der Waals surface area contributed by atoms with Gasteiger partial charge in [0.15, 0.2) is 0 Å². The summed E-state index contributed by atoms with van der Waals surface area (Å²) >= 11 is 12.4. The molecule has 0 bridgehead atoms. The van der Waals surface area contributed by atoms with E-state index in [1.807, 2.05) is 12.1 Å². The number of hydrogen-bond donors (Lipinski definition) is 1. The molecule has 0 aliphatic carbocycles. The average molecular weight is 361 g/mol. The van der Waals surface area contributed by atoms with E-state index in [0.29, 0.717) is 16.1 Å². The second-order valence-corrected chi connectivity index (χ2v) is 7.07. The molecular formula is C20H22Cl2N2. The minimum Gasteiger partial charge on any atom is -0.343 e. The summed E-state index contributed by atoms with van der Waals surface area (Å²) in [5.74, 6) is 0. The normalized spacial score (nSPS) is 12.7. The van der Waals surface area contributed by atoms with E-state index in [0.717, 1.165) is 25.1 Å². The first-order chi connectivity index (χ1) is 11.6. The van der Waals surface area contributed by atoms with Crippen LogP contribution in [0.2, 0.25) is 10.0 Å². The minimum absolute atomic E-state index is 0.512. The van der Waals surface area contributed by atoms with Gasteiger partial charge < -0.3 is 9.88 Å². The van der Waals surface area contributed by atoms with Gasteiger partial charge in [-0.05, 0) is 42.7 Å². The third kappa shape index (κ3) is 3.77. The highest BCUT2D eigenvalue weighted by molar-refractivity contribution is 6.35. The molecule has 1 aromatic heterocycles. The summed E-state index contributed by atoms with van der Waals surface area (Å²) in [6, 6.07) is 14.7. The van der Waals surface area contributed by atoms with Gasteiger partial charge in [0.25, 0.3) is 0 Å². The summed E-state index contributed by atoms with van der Waals surface area (Å²) < 4.78 is 2.26. The van der Waals surface area contributed by atoms with Gasteiger partial charge >= 0.3 is 0 Å². The van der Waals surface area contributed by atoms with Crippen LogP contribution in [0, 0.1) is 0 Å². The fraction of sp³-hybridized carbons (Fsp3) is 0.300. The van der Waals surface area contributed by atoms with E-state index in [1.54, 1.807) is 6.07 Å². The van der Waals surface area contributed by atoms with E-state index in [1.165, 1.54) is 16.5 Å². The van der Waals surface area contributed by atoms with Gasteiger partial charge in [-0.15, -0.1) is 0 Å². The molecular weight excluding hydrogens is 339 g/mol. The van der Waals surface area contributed by atoms with Gasteiger partial charge in [-0.1, -0.05) is 54.4 Å². The number of rotatable bonds is 6. The average Bonchev–Trinajstić information content (AvgIpc) is 2.93. The van der Waals surface area contributed by atoms with Crippen LogP contribution >= 0.6 is 23.2 Å².